The van der Waals surface area contributed by atoms with Crippen molar-refractivity contribution in [1.29, 1.82) is 0 Å². The van der Waals surface area contributed by atoms with Gasteiger partial charge in [-0.3, -0.25) is 38.8 Å². The molecule has 0 aliphatic carbocycles. The number of carbonyl (C=O) groups excluding carboxylic acids is 6. The van der Waals surface area contributed by atoms with Crippen molar-refractivity contribution in [1.82, 2.24) is 20.1 Å². The van der Waals surface area contributed by atoms with E-state index in [-0.39, 0.29) is 58.9 Å². The van der Waals surface area contributed by atoms with Gasteiger partial charge >= 0.3 is 12.3 Å². The molecule has 2 saturated heterocycles. The molecular formula is C38H42N4O14S2Si. The summed E-state index contributed by atoms with van der Waals surface area (Å²) in [6, 6.07) is 13.3. The van der Waals surface area contributed by atoms with Gasteiger partial charge in [-0.2, -0.15) is 0 Å². The Balaban J connectivity index is 0.000000227. The Kier molecular flexibility index (Phi) is 13.8. The molecular weight excluding hydrogens is 829 g/mol. The number of phenols is 1. The molecule has 2 aliphatic heterocycles. The smallest absolute Gasteiger partial charge is 0.533 e. The quantitative estimate of drug-likeness (QED) is 0.0577. The molecule has 2 aromatic heterocycles. The third kappa shape index (κ3) is 10.8. The minimum Gasteiger partial charge on any atom is -0.542 e. The van der Waals surface area contributed by atoms with E-state index in [1.807, 2.05) is 24.3 Å². The first kappa shape index (κ1) is 44.3. The van der Waals surface area contributed by atoms with Gasteiger partial charge < -0.3 is 19.0 Å². The number of aromatic hydroxyl groups is 1. The molecule has 0 bridgehead atoms. The van der Waals surface area contributed by atoms with Crippen LogP contribution < -0.4 is 4.43 Å². The molecule has 2 aliphatic rings. The zero-order valence-electron chi connectivity index (χ0n) is 32.8. The first-order valence-corrected chi connectivity index (χ1v) is 23.7. The van der Waals surface area contributed by atoms with E-state index >= 15 is 0 Å². The number of thioether (sulfide) groups is 1. The van der Waals surface area contributed by atoms with Gasteiger partial charge in [-0.05, 0) is 60.6 Å². The highest BCUT2D eigenvalue weighted by molar-refractivity contribution is 7.99. The maximum Gasteiger partial charge on any atom is 0.533 e. The van der Waals surface area contributed by atoms with Crippen molar-refractivity contribution >= 4 is 87.7 Å². The van der Waals surface area contributed by atoms with Crippen LogP contribution in [0.1, 0.15) is 46.5 Å². The van der Waals surface area contributed by atoms with Crippen LogP contribution in [0.5, 0.6) is 11.5 Å². The van der Waals surface area contributed by atoms with Crippen LogP contribution >= 0.6 is 11.8 Å². The SMILES string of the molecule is CC(C)(C)[Si](C)(C)Oc1ccc(SCCOC(=O)ON2C(=O)CCC2=O)c2cccnc12.O=C(OCCS(=O)(=O)c1ccc(O)c2ncccc12)ON1C(=O)CCC1=O. The normalized spacial score (nSPS) is 14.7. The number of benzene rings is 2. The standard InChI is InChI=1S/C22H28N2O6SSi.C16H14N2O8S/c1-22(2,3)32(4,5)30-16-8-9-17(15-7-6-12-23-20(15)16)31-14-13-28-21(27)29-24-18(25)10-11-19(24)26;19-11-3-4-12(10-2-1-7-17-15(10)11)27(23,24)9-8-25-16(22)26-18-13(20)5-6-14(18)21/h6-9,12H,10-11,13-14H2,1-5H3;1-4,7,19H,5-6,8-9H2. The summed E-state index contributed by atoms with van der Waals surface area (Å²) in [6.45, 7) is 10.5. The van der Waals surface area contributed by atoms with E-state index in [9.17, 15) is 42.3 Å². The lowest BCUT2D eigenvalue weighted by Crippen LogP contribution is -2.43. The molecule has 2 fully saturated rings. The average Bonchev–Trinajstić information content (AvgIpc) is 3.67. The lowest BCUT2D eigenvalue weighted by Gasteiger charge is -2.36. The molecule has 4 amide bonds. The van der Waals surface area contributed by atoms with Crippen LogP contribution in [0.4, 0.5) is 9.59 Å². The summed E-state index contributed by atoms with van der Waals surface area (Å²) in [5.74, 6) is -1.93. The number of ether oxygens (including phenoxy) is 2. The molecule has 18 nitrogen and oxygen atoms in total. The summed E-state index contributed by atoms with van der Waals surface area (Å²) in [5.41, 5.74) is 0.929. The van der Waals surface area contributed by atoms with Gasteiger partial charge in [-0.25, -0.2) is 18.0 Å². The monoisotopic (exact) mass is 870 g/mol. The number of aromatic nitrogens is 2. The maximum atomic E-state index is 12.5. The topological polar surface area (TPSA) is 235 Å². The summed E-state index contributed by atoms with van der Waals surface area (Å²) >= 11 is 1.50. The van der Waals surface area contributed by atoms with Crippen molar-refractivity contribution in [3.05, 3.63) is 60.9 Å². The summed E-state index contributed by atoms with van der Waals surface area (Å²) < 4.78 is 41.2. The lowest BCUT2D eigenvalue weighted by atomic mass is 10.2. The van der Waals surface area contributed by atoms with Gasteiger partial charge in [0.05, 0.1) is 10.6 Å². The second-order valence-corrected chi connectivity index (χ2v) is 22.5. The predicted octanol–water partition coefficient (Wildman–Crippen LogP) is 5.86. The molecule has 2 aromatic carbocycles. The highest BCUT2D eigenvalue weighted by atomic mass is 32.2. The first-order valence-electron chi connectivity index (χ1n) is 18.2. The van der Waals surface area contributed by atoms with Crippen LogP contribution in [0.2, 0.25) is 18.1 Å². The van der Waals surface area contributed by atoms with Crippen LogP contribution in [-0.4, -0.2) is 103 Å². The Labute approximate surface area is 344 Å². The molecule has 0 atom stereocenters. The molecule has 4 aromatic rings. The number of sulfone groups is 1. The molecule has 0 radical (unpaired) electrons. The van der Waals surface area contributed by atoms with E-state index in [0.29, 0.717) is 15.9 Å². The second kappa shape index (κ2) is 18.4. The van der Waals surface area contributed by atoms with Crippen molar-refractivity contribution in [2.24, 2.45) is 0 Å². The third-order valence-corrected chi connectivity index (χ3v) is 16.5. The van der Waals surface area contributed by atoms with E-state index in [2.05, 4.69) is 58.2 Å². The molecule has 0 unspecified atom stereocenters. The van der Waals surface area contributed by atoms with Gasteiger partial charge in [0.15, 0.2) is 9.84 Å². The number of pyridine rings is 2. The van der Waals surface area contributed by atoms with E-state index in [1.54, 1.807) is 6.20 Å². The Hall–Kier alpha value is -5.80. The zero-order valence-corrected chi connectivity index (χ0v) is 35.4. The molecule has 6 rings (SSSR count). The average molecular weight is 871 g/mol. The number of rotatable bonds is 12. The fourth-order valence-electron chi connectivity index (χ4n) is 5.30. The zero-order chi connectivity index (χ0) is 43.1. The Bertz CT molecular complexity index is 2370. The summed E-state index contributed by atoms with van der Waals surface area (Å²) in [5, 5.41) is 11.8. The summed E-state index contributed by atoms with van der Waals surface area (Å²) in [7, 11) is -5.90. The third-order valence-electron chi connectivity index (χ3n) is 9.38. The Morgan fingerprint density at radius 3 is 1.85 bits per heavy atom. The van der Waals surface area contributed by atoms with Gasteiger partial charge in [0.2, 0.25) is 0 Å². The van der Waals surface area contributed by atoms with E-state index < -0.39 is 66.5 Å². The largest absolute Gasteiger partial charge is 0.542 e. The summed E-state index contributed by atoms with van der Waals surface area (Å²) in [6.07, 6.45) is 0.680. The van der Waals surface area contributed by atoms with Crippen LogP contribution in [0, 0.1) is 0 Å². The highest BCUT2D eigenvalue weighted by Gasteiger charge is 2.39. The van der Waals surface area contributed by atoms with Gasteiger partial charge in [0, 0.05) is 59.5 Å². The minimum atomic E-state index is -3.88. The van der Waals surface area contributed by atoms with E-state index in [1.165, 1.54) is 42.2 Å². The van der Waals surface area contributed by atoms with Gasteiger partial charge in [-0.15, -0.1) is 11.8 Å². The minimum absolute atomic E-state index is 0.0399. The number of hydrogen-bond acceptors (Lipinski definition) is 17. The van der Waals surface area contributed by atoms with Crippen LogP contribution in [-0.2, 0) is 48.2 Å². The van der Waals surface area contributed by atoms with E-state index in [0.717, 1.165) is 21.5 Å². The molecule has 1 N–H and O–H groups in total. The fourth-order valence-corrected chi connectivity index (χ4v) is 8.49. The van der Waals surface area contributed by atoms with Gasteiger partial charge in [-0.1, -0.05) is 37.0 Å². The molecule has 59 heavy (non-hydrogen) atoms. The van der Waals surface area contributed by atoms with Crippen LogP contribution in [0.25, 0.3) is 21.8 Å². The van der Waals surface area contributed by atoms with Crippen molar-refractivity contribution in [3.8, 4) is 11.5 Å². The highest BCUT2D eigenvalue weighted by Crippen LogP contribution is 2.40. The summed E-state index contributed by atoms with van der Waals surface area (Å²) in [4.78, 5) is 87.5. The lowest BCUT2D eigenvalue weighted by molar-refractivity contribution is -0.177. The van der Waals surface area contributed by atoms with Crippen molar-refractivity contribution < 1.29 is 65.9 Å². The first-order chi connectivity index (χ1) is 27.8. The predicted molar refractivity (Wildman–Crippen MR) is 213 cm³/mol. The maximum absolute atomic E-state index is 12.5. The fraction of sp³-hybridized carbons (Fsp3) is 0.368. The molecule has 0 spiro atoms. The number of hydrogen-bond donors (Lipinski definition) is 1. The van der Waals surface area contributed by atoms with Gasteiger partial charge in [0.1, 0.15) is 35.7 Å². The number of hydroxylamine groups is 4. The van der Waals surface area contributed by atoms with Crippen LogP contribution in [0.15, 0.2) is 70.7 Å². The van der Waals surface area contributed by atoms with Gasteiger partial charge in [0.25, 0.3) is 31.9 Å². The number of imide groups is 2. The molecule has 314 valence electrons. The van der Waals surface area contributed by atoms with Crippen molar-refractivity contribution in [2.45, 2.75) is 74.4 Å². The number of fused-ring (bicyclic) bond motifs is 2. The second-order valence-electron chi connectivity index (χ2n) is 14.5. The van der Waals surface area contributed by atoms with E-state index in [4.69, 9.17) is 9.16 Å². The van der Waals surface area contributed by atoms with Crippen LogP contribution in [0.3, 0.4) is 0 Å². The number of carbonyl (C=O) groups is 6. The van der Waals surface area contributed by atoms with Crippen molar-refractivity contribution in [2.75, 3.05) is 24.7 Å². The molecule has 21 heteroatoms. The molecule has 4 heterocycles. The Morgan fingerprint density at radius 2 is 1.29 bits per heavy atom. The van der Waals surface area contributed by atoms with Crippen molar-refractivity contribution in [3.63, 3.8) is 0 Å². The molecule has 0 saturated carbocycles. The Morgan fingerprint density at radius 1 is 0.763 bits per heavy atom. The number of nitrogens with zero attached hydrogens (tertiary/aromatic N) is 4. The number of phenolic OH excluding ortho intramolecular Hbond substituents is 1. The number of amides is 4.